The third-order valence-electron chi connectivity index (χ3n) is 1.55. The minimum atomic E-state index is -3.11. The highest BCUT2D eigenvalue weighted by molar-refractivity contribution is 7.99. The molecule has 1 N–H and O–H groups in total. The lowest BCUT2D eigenvalue weighted by atomic mass is 10.4. The molecule has 88 valence electrons. The zero-order chi connectivity index (χ0) is 11.6. The number of nitrogens with one attached hydrogen (secondary N) is 1. The minimum Gasteiger partial charge on any atom is -0.214 e. The highest BCUT2D eigenvalue weighted by Crippen LogP contribution is 1.98. The molecule has 6 heteroatoms. The van der Waals surface area contributed by atoms with Gasteiger partial charge in [-0.15, -0.1) is 29.8 Å². The first-order valence-corrected chi connectivity index (χ1v) is 8.01. The van der Waals surface area contributed by atoms with Crippen molar-refractivity contribution in [2.75, 3.05) is 29.7 Å². The Hall–Kier alpha value is 0.110. The summed E-state index contributed by atoms with van der Waals surface area (Å²) in [5.74, 6) is 4.46. The van der Waals surface area contributed by atoms with Gasteiger partial charge in [0, 0.05) is 18.2 Å². The molecular formula is C9H16ClNO2S2. The molecule has 0 aliphatic carbocycles. The standard InChI is InChI=1S/C9H16ClNO2S2/c1-2-7-14-8-6-11-15(12,13)9-4-3-5-10/h1,11H,3-9H2. The molecule has 0 aliphatic heterocycles. The zero-order valence-electron chi connectivity index (χ0n) is 8.54. The molecule has 0 aromatic heterocycles. The van der Waals surface area contributed by atoms with E-state index in [1.807, 2.05) is 0 Å². The summed E-state index contributed by atoms with van der Waals surface area (Å²) in [6.07, 6.45) is 6.39. The molecule has 0 heterocycles. The van der Waals surface area contributed by atoms with E-state index in [1.54, 1.807) is 0 Å². The fourth-order valence-electron chi connectivity index (χ4n) is 0.859. The molecule has 0 aromatic carbocycles. The molecule has 3 nitrogen and oxygen atoms in total. The minimum absolute atomic E-state index is 0.152. The maximum atomic E-state index is 11.3. The van der Waals surface area contributed by atoms with E-state index in [-0.39, 0.29) is 5.75 Å². The molecule has 0 atom stereocenters. The number of alkyl halides is 1. The van der Waals surface area contributed by atoms with Gasteiger partial charge in [-0.2, -0.15) is 0 Å². The summed E-state index contributed by atoms with van der Waals surface area (Å²) in [6.45, 7) is 0.440. The molecule has 0 saturated heterocycles. The van der Waals surface area contributed by atoms with Crippen LogP contribution in [0.5, 0.6) is 0 Å². The Bertz CT molecular complexity index is 285. The summed E-state index contributed by atoms with van der Waals surface area (Å²) >= 11 is 6.99. The molecule has 0 aromatic rings. The van der Waals surface area contributed by atoms with Crippen LogP contribution in [0.25, 0.3) is 0 Å². The van der Waals surface area contributed by atoms with Gasteiger partial charge in [0.1, 0.15) is 0 Å². The van der Waals surface area contributed by atoms with Crippen molar-refractivity contribution in [3.8, 4) is 12.3 Å². The molecule has 0 amide bonds. The van der Waals surface area contributed by atoms with Crippen LogP contribution in [0.1, 0.15) is 12.8 Å². The van der Waals surface area contributed by atoms with Crippen LogP contribution in [0, 0.1) is 12.3 Å². The predicted molar refractivity (Wildman–Crippen MR) is 67.9 cm³/mol. The van der Waals surface area contributed by atoms with Gasteiger partial charge in [0.2, 0.25) is 10.0 Å². The van der Waals surface area contributed by atoms with Gasteiger partial charge >= 0.3 is 0 Å². The van der Waals surface area contributed by atoms with Crippen LogP contribution < -0.4 is 4.72 Å². The Balaban J connectivity index is 3.53. The first-order valence-electron chi connectivity index (χ1n) is 4.67. The Kier molecular flexibility index (Phi) is 9.41. The number of unbranched alkanes of at least 4 members (excludes halogenated alkanes) is 1. The van der Waals surface area contributed by atoms with Crippen molar-refractivity contribution in [2.45, 2.75) is 12.8 Å². The zero-order valence-corrected chi connectivity index (χ0v) is 10.9. The molecule has 0 fully saturated rings. The Morgan fingerprint density at radius 3 is 2.73 bits per heavy atom. The monoisotopic (exact) mass is 269 g/mol. The summed E-state index contributed by atoms with van der Waals surface area (Å²) < 4.78 is 25.2. The van der Waals surface area contributed by atoms with E-state index in [9.17, 15) is 8.42 Å². The van der Waals surface area contributed by atoms with Gasteiger partial charge in [-0.1, -0.05) is 5.92 Å². The van der Waals surface area contributed by atoms with E-state index in [4.69, 9.17) is 18.0 Å². The third kappa shape index (κ3) is 10.4. The van der Waals surface area contributed by atoms with E-state index in [0.717, 1.165) is 6.42 Å². The van der Waals surface area contributed by atoms with Crippen LogP contribution >= 0.6 is 23.4 Å². The fourth-order valence-corrected chi connectivity index (χ4v) is 2.83. The van der Waals surface area contributed by atoms with E-state index >= 15 is 0 Å². The summed E-state index contributed by atoms with van der Waals surface area (Å²) in [6, 6.07) is 0. The van der Waals surface area contributed by atoms with E-state index < -0.39 is 10.0 Å². The number of thioether (sulfide) groups is 1. The normalized spacial score (nSPS) is 11.2. The lowest BCUT2D eigenvalue weighted by Gasteiger charge is -2.05. The van der Waals surface area contributed by atoms with Gasteiger partial charge in [-0.05, 0) is 12.8 Å². The fraction of sp³-hybridized carbons (Fsp3) is 0.778. The van der Waals surface area contributed by atoms with Crippen molar-refractivity contribution in [3.05, 3.63) is 0 Å². The first kappa shape index (κ1) is 15.1. The molecule has 0 saturated carbocycles. The summed E-state index contributed by atoms with van der Waals surface area (Å²) in [4.78, 5) is 0. The summed E-state index contributed by atoms with van der Waals surface area (Å²) in [5, 5.41) is 0. The lowest BCUT2D eigenvalue weighted by molar-refractivity contribution is 0.581. The highest BCUT2D eigenvalue weighted by Gasteiger charge is 2.07. The SMILES string of the molecule is C#CCSCCNS(=O)(=O)CCCCCl. The van der Waals surface area contributed by atoms with Gasteiger partial charge in [-0.3, -0.25) is 0 Å². The number of rotatable bonds is 9. The smallest absolute Gasteiger partial charge is 0.211 e. The quantitative estimate of drug-likeness (QED) is 0.390. The van der Waals surface area contributed by atoms with Gasteiger partial charge in [0.05, 0.1) is 11.5 Å². The number of halogens is 1. The molecule has 0 aliphatic rings. The number of terminal acetylenes is 1. The summed E-state index contributed by atoms with van der Waals surface area (Å²) in [7, 11) is -3.11. The third-order valence-corrected chi connectivity index (χ3v) is 4.15. The first-order chi connectivity index (χ1) is 7.12. The van der Waals surface area contributed by atoms with Crippen LogP contribution in [0.15, 0.2) is 0 Å². The molecule has 0 spiro atoms. The van der Waals surface area contributed by atoms with E-state index in [1.165, 1.54) is 11.8 Å². The van der Waals surface area contributed by atoms with Crippen molar-refractivity contribution >= 4 is 33.4 Å². The van der Waals surface area contributed by atoms with Crippen molar-refractivity contribution in [1.82, 2.24) is 4.72 Å². The van der Waals surface area contributed by atoms with Crippen LogP contribution in [0.2, 0.25) is 0 Å². The molecule has 0 rings (SSSR count). The van der Waals surface area contributed by atoms with Crippen LogP contribution in [0.3, 0.4) is 0 Å². The van der Waals surface area contributed by atoms with Crippen molar-refractivity contribution < 1.29 is 8.42 Å². The number of hydrogen-bond donors (Lipinski definition) is 1. The topological polar surface area (TPSA) is 46.2 Å². The molecule has 15 heavy (non-hydrogen) atoms. The van der Waals surface area contributed by atoms with Crippen molar-refractivity contribution in [3.63, 3.8) is 0 Å². The Morgan fingerprint density at radius 2 is 2.13 bits per heavy atom. The second kappa shape index (κ2) is 9.34. The van der Waals surface area contributed by atoms with Gasteiger partial charge in [0.25, 0.3) is 0 Å². The van der Waals surface area contributed by atoms with Crippen LogP contribution in [-0.4, -0.2) is 38.1 Å². The molecule has 0 unspecified atom stereocenters. The molecular weight excluding hydrogens is 254 g/mol. The number of sulfonamides is 1. The maximum absolute atomic E-state index is 11.3. The molecule has 0 radical (unpaired) electrons. The van der Waals surface area contributed by atoms with Crippen molar-refractivity contribution in [1.29, 1.82) is 0 Å². The van der Waals surface area contributed by atoms with Crippen molar-refractivity contribution in [2.24, 2.45) is 0 Å². The van der Waals surface area contributed by atoms with Gasteiger partial charge < -0.3 is 0 Å². The van der Waals surface area contributed by atoms with Crippen LogP contribution in [0.4, 0.5) is 0 Å². The largest absolute Gasteiger partial charge is 0.214 e. The van der Waals surface area contributed by atoms with E-state index in [2.05, 4.69) is 10.6 Å². The maximum Gasteiger partial charge on any atom is 0.211 e. The highest BCUT2D eigenvalue weighted by atomic mass is 35.5. The van der Waals surface area contributed by atoms with E-state index in [0.29, 0.717) is 30.4 Å². The second-order valence-electron chi connectivity index (χ2n) is 2.87. The van der Waals surface area contributed by atoms with Crippen LogP contribution in [-0.2, 0) is 10.0 Å². The average Bonchev–Trinajstić information content (AvgIpc) is 2.17. The Labute approximate surface area is 101 Å². The number of hydrogen-bond acceptors (Lipinski definition) is 3. The lowest BCUT2D eigenvalue weighted by Crippen LogP contribution is -2.28. The predicted octanol–water partition coefficient (Wildman–Crippen LogP) is 1.29. The Morgan fingerprint density at radius 1 is 1.40 bits per heavy atom. The van der Waals surface area contributed by atoms with Gasteiger partial charge in [-0.25, -0.2) is 13.1 Å². The summed E-state index contributed by atoms with van der Waals surface area (Å²) in [5.41, 5.74) is 0. The molecule has 0 bridgehead atoms. The second-order valence-corrected chi connectivity index (χ2v) is 6.28. The van der Waals surface area contributed by atoms with Gasteiger partial charge in [0.15, 0.2) is 0 Å². The average molecular weight is 270 g/mol.